The average Bonchev–Trinajstić information content (AvgIpc) is 3.18. The van der Waals surface area contributed by atoms with Crippen molar-refractivity contribution in [2.75, 3.05) is 7.05 Å². The number of amides is 1. The Morgan fingerprint density at radius 3 is 2.68 bits per heavy atom. The topological polar surface area (TPSA) is 84.2 Å². The predicted octanol–water partition coefficient (Wildman–Crippen LogP) is 3.31. The number of nitrogens with one attached hydrogen (secondary N) is 2. The summed E-state index contributed by atoms with van der Waals surface area (Å²) in [7, 11) is 1.66. The van der Waals surface area contributed by atoms with Gasteiger partial charge in [0.15, 0.2) is 12.7 Å². The smallest absolute Gasteiger partial charge is 0.271 e. The summed E-state index contributed by atoms with van der Waals surface area (Å²) in [4.78, 5) is 28.2. The first-order valence-corrected chi connectivity index (χ1v) is 8.94. The van der Waals surface area contributed by atoms with Gasteiger partial charge in [-0.15, -0.1) is 0 Å². The van der Waals surface area contributed by atoms with Gasteiger partial charge in [0.1, 0.15) is 17.2 Å². The molecular formula is C22H21N3O3. The summed E-state index contributed by atoms with van der Waals surface area (Å²) in [5.41, 5.74) is 1.86. The van der Waals surface area contributed by atoms with Crippen molar-refractivity contribution in [2.45, 2.75) is 13.3 Å². The van der Waals surface area contributed by atoms with Crippen LogP contribution in [0.3, 0.4) is 0 Å². The number of fused-ring (bicyclic) bond motifs is 1. The van der Waals surface area contributed by atoms with E-state index in [1.54, 1.807) is 13.1 Å². The minimum absolute atomic E-state index is 0.104. The number of benzene rings is 2. The summed E-state index contributed by atoms with van der Waals surface area (Å²) in [6.45, 7) is 1.92. The lowest BCUT2D eigenvalue weighted by molar-refractivity contribution is -0.118. The van der Waals surface area contributed by atoms with Crippen molar-refractivity contribution in [1.29, 1.82) is 0 Å². The second kappa shape index (κ2) is 8.81. The zero-order valence-electron chi connectivity index (χ0n) is 15.7. The Kier molecular flexibility index (Phi) is 6.01. The molecule has 3 aromatic rings. The van der Waals surface area contributed by atoms with Crippen molar-refractivity contribution in [3.63, 3.8) is 0 Å². The van der Waals surface area contributed by atoms with E-state index in [1.807, 2.05) is 49.4 Å². The van der Waals surface area contributed by atoms with Gasteiger partial charge < -0.3 is 15.1 Å². The van der Waals surface area contributed by atoms with Gasteiger partial charge in [0, 0.05) is 13.5 Å². The van der Waals surface area contributed by atoms with Crippen LogP contribution in [-0.4, -0.2) is 24.2 Å². The number of carbonyl (C=O) groups excluding carboxylic acids is 2. The second-order valence-electron chi connectivity index (χ2n) is 6.06. The highest BCUT2D eigenvalue weighted by atomic mass is 16.3. The lowest BCUT2D eigenvalue weighted by Crippen LogP contribution is -2.30. The average molecular weight is 375 g/mol. The molecule has 0 aliphatic rings. The van der Waals surface area contributed by atoms with Gasteiger partial charge in [-0.05, 0) is 28.5 Å². The molecule has 2 aromatic carbocycles. The van der Waals surface area contributed by atoms with Gasteiger partial charge in [-0.3, -0.25) is 9.59 Å². The molecule has 0 unspecified atom stereocenters. The van der Waals surface area contributed by atoms with Crippen LogP contribution in [0, 0.1) is 0 Å². The van der Waals surface area contributed by atoms with Crippen molar-refractivity contribution in [3.05, 3.63) is 77.3 Å². The summed E-state index contributed by atoms with van der Waals surface area (Å²) in [6.07, 6.45) is 5.78. The molecule has 0 aliphatic carbocycles. The molecule has 3 rings (SSSR count). The zero-order valence-corrected chi connectivity index (χ0v) is 15.7. The van der Waals surface area contributed by atoms with E-state index in [0.29, 0.717) is 29.9 Å². The van der Waals surface area contributed by atoms with Gasteiger partial charge >= 0.3 is 0 Å². The molecule has 0 saturated heterocycles. The van der Waals surface area contributed by atoms with E-state index in [-0.39, 0.29) is 5.70 Å². The molecule has 0 radical (unpaired) electrons. The van der Waals surface area contributed by atoms with Gasteiger partial charge in [-0.1, -0.05) is 49.4 Å². The molecule has 1 heterocycles. The molecule has 0 saturated carbocycles. The maximum absolute atomic E-state index is 12.7. The minimum atomic E-state index is -0.421. The molecule has 1 aromatic heterocycles. The number of likely N-dealkylation sites (N-methyl/N-ethyl adjacent to an activating group) is 1. The molecule has 6 nitrogen and oxygen atoms in total. The van der Waals surface area contributed by atoms with Crippen molar-refractivity contribution >= 4 is 35.1 Å². The Morgan fingerprint density at radius 2 is 1.93 bits per heavy atom. The third-order valence-electron chi connectivity index (χ3n) is 4.31. The van der Waals surface area contributed by atoms with Crippen LogP contribution in [0.25, 0.3) is 22.9 Å². The first-order valence-electron chi connectivity index (χ1n) is 8.94. The van der Waals surface area contributed by atoms with E-state index in [9.17, 15) is 9.59 Å². The number of aromatic nitrogens is 1. The van der Waals surface area contributed by atoms with E-state index in [1.165, 1.54) is 12.5 Å². The zero-order chi connectivity index (χ0) is 19.9. The fourth-order valence-corrected chi connectivity index (χ4v) is 2.89. The molecule has 0 spiro atoms. The maximum atomic E-state index is 12.7. The number of oxazole rings is 1. The number of hydrogen-bond acceptors (Lipinski definition) is 5. The van der Waals surface area contributed by atoms with Crippen LogP contribution in [0.1, 0.15) is 23.9 Å². The van der Waals surface area contributed by atoms with Gasteiger partial charge in [-0.25, -0.2) is 4.98 Å². The van der Waals surface area contributed by atoms with Crippen molar-refractivity contribution in [3.8, 4) is 0 Å². The molecule has 0 fully saturated rings. The molecule has 2 N–H and O–H groups in total. The van der Waals surface area contributed by atoms with Gasteiger partial charge in [0.25, 0.3) is 5.91 Å². The standard InChI is InChI=1S/C22H21N3O3/c1-3-21-19(24-14-28-21)12-17(13-26)25-22(27)20(23-2)11-16-9-6-8-15-7-4-5-10-18(15)16/h4-14,23H,3H2,1-2H3,(H,25,27)/b17-12-,20-11-. The first kappa shape index (κ1) is 19.1. The molecule has 1 amide bonds. The SMILES string of the molecule is CCc1ocnc1/C=C(/C=O)NC(=O)/C(=C/c1cccc2ccccc12)NC. The Labute approximate surface area is 163 Å². The van der Waals surface area contributed by atoms with E-state index < -0.39 is 5.91 Å². The second-order valence-corrected chi connectivity index (χ2v) is 6.06. The summed E-state index contributed by atoms with van der Waals surface area (Å²) in [5, 5.41) is 7.63. The van der Waals surface area contributed by atoms with Crippen LogP contribution < -0.4 is 10.6 Å². The molecule has 0 atom stereocenters. The monoisotopic (exact) mass is 375 g/mol. The van der Waals surface area contributed by atoms with E-state index >= 15 is 0 Å². The highest BCUT2D eigenvalue weighted by Gasteiger charge is 2.12. The highest BCUT2D eigenvalue weighted by molar-refractivity contribution is 6.03. The van der Waals surface area contributed by atoms with Crippen molar-refractivity contribution < 1.29 is 14.0 Å². The van der Waals surface area contributed by atoms with Crippen LogP contribution in [-0.2, 0) is 16.0 Å². The third-order valence-corrected chi connectivity index (χ3v) is 4.31. The molecule has 142 valence electrons. The minimum Gasteiger partial charge on any atom is -0.448 e. The number of nitrogens with zero attached hydrogens (tertiary/aromatic N) is 1. The number of aryl methyl sites for hydroxylation is 1. The summed E-state index contributed by atoms with van der Waals surface area (Å²) in [5.74, 6) is 0.226. The van der Waals surface area contributed by atoms with E-state index in [2.05, 4.69) is 15.6 Å². The summed E-state index contributed by atoms with van der Waals surface area (Å²) in [6, 6.07) is 13.8. The molecule has 0 bridgehead atoms. The maximum Gasteiger partial charge on any atom is 0.271 e. The number of hydrogen-bond donors (Lipinski definition) is 2. The fourth-order valence-electron chi connectivity index (χ4n) is 2.89. The largest absolute Gasteiger partial charge is 0.448 e. The lowest BCUT2D eigenvalue weighted by Gasteiger charge is -2.09. The predicted molar refractivity (Wildman–Crippen MR) is 109 cm³/mol. The van der Waals surface area contributed by atoms with Crippen LogP contribution in [0.4, 0.5) is 0 Å². The molecule has 0 aliphatic heterocycles. The van der Waals surface area contributed by atoms with Crippen LogP contribution >= 0.6 is 0 Å². The fraction of sp³-hybridized carbons (Fsp3) is 0.136. The number of rotatable bonds is 7. The van der Waals surface area contributed by atoms with E-state index in [0.717, 1.165) is 16.3 Å². The lowest BCUT2D eigenvalue weighted by atomic mass is 10.0. The third kappa shape index (κ3) is 4.17. The Balaban J connectivity index is 1.88. The number of aldehydes is 1. The summed E-state index contributed by atoms with van der Waals surface area (Å²) >= 11 is 0. The van der Waals surface area contributed by atoms with E-state index in [4.69, 9.17) is 4.42 Å². The normalized spacial score (nSPS) is 12.1. The molecule has 6 heteroatoms. The number of carbonyl (C=O) groups is 2. The van der Waals surface area contributed by atoms with Gasteiger partial charge in [-0.2, -0.15) is 0 Å². The quantitative estimate of drug-likeness (QED) is 0.489. The Bertz CT molecular complexity index is 1060. The van der Waals surface area contributed by atoms with Crippen molar-refractivity contribution in [2.24, 2.45) is 0 Å². The van der Waals surface area contributed by atoms with Crippen LogP contribution in [0.2, 0.25) is 0 Å². The van der Waals surface area contributed by atoms with Crippen LogP contribution in [0.5, 0.6) is 0 Å². The van der Waals surface area contributed by atoms with Crippen molar-refractivity contribution in [1.82, 2.24) is 15.6 Å². The van der Waals surface area contributed by atoms with Gasteiger partial charge in [0.05, 0.1) is 5.70 Å². The molecule has 28 heavy (non-hydrogen) atoms. The first-order chi connectivity index (χ1) is 13.7. The summed E-state index contributed by atoms with van der Waals surface area (Å²) < 4.78 is 5.24. The Hall–Kier alpha value is -3.67. The molecular weight excluding hydrogens is 354 g/mol. The Morgan fingerprint density at radius 1 is 1.14 bits per heavy atom. The highest BCUT2D eigenvalue weighted by Crippen LogP contribution is 2.20. The van der Waals surface area contributed by atoms with Crippen LogP contribution in [0.15, 0.2) is 64.7 Å². The number of allylic oxidation sites excluding steroid dienone is 1. The van der Waals surface area contributed by atoms with Gasteiger partial charge in [0.2, 0.25) is 0 Å².